The van der Waals surface area contributed by atoms with Crippen LogP contribution in [0.5, 0.6) is 0 Å². The molecular formula is C18H14N6O4. The molecule has 4 rings (SSSR count). The van der Waals surface area contributed by atoms with Gasteiger partial charge in [0.1, 0.15) is 6.04 Å². The minimum atomic E-state index is -0.923. The van der Waals surface area contributed by atoms with Crippen molar-refractivity contribution in [2.45, 2.75) is 12.5 Å². The van der Waals surface area contributed by atoms with Crippen molar-refractivity contribution in [1.29, 1.82) is 0 Å². The number of fused-ring (bicyclic) bond motifs is 1. The molecule has 10 nitrogen and oxygen atoms in total. The molecule has 0 fully saturated rings. The number of nitro benzene ring substituents is 1. The third-order valence-corrected chi connectivity index (χ3v) is 4.22. The monoisotopic (exact) mass is 378 g/mol. The van der Waals surface area contributed by atoms with Crippen LogP contribution in [-0.4, -0.2) is 31.5 Å². The second-order valence-electron chi connectivity index (χ2n) is 6.13. The van der Waals surface area contributed by atoms with Gasteiger partial charge in [0.05, 0.1) is 11.3 Å². The van der Waals surface area contributed by atoms with Gasteiger partial charge in [0.2, 0.25) is 17.8 Å². The average Bonchev–Trinajstić information content (AvgIpc) is 3.12. The second kappa shape index (κ2) is 6.91. The molecule has 2 amide bonds. The van der Waals surface area contributed by atoms with Crippen LogP contribution in [0.1, 0.15) is 12.5 Å². The zero-order valence-electron chi connectivity index (χ0n) is 14.4. The number of non-ortho nitro benzene ring substituents is 1. The molecule has 2 N–H and O–H groups in total. The first kappa shape index (κ1) is 17.3. The molecule has 2 heterocycles. The van der Waals surface area contributed by atoms with E-state index in [1.165, 1.54) is 28.9 Å². The lowest BCUT2D eigenvalue weighted by Crippen LogP contribution is -2.36. The van der Waals surface area contributed by atoms with Crippen molar-refractivity contribution in [1.82, 2.24) is 14.8 Å². The third kappa shape index (κ3) is 3.30. The number of hydrogen-bond donors (Lipinski definition) is 2. The molecule has 1 aromatic heterocycles. The molecule has 0 radical (unpaired) electrons. The Morgan fingerprint density at radius 2 is 2.00 bits per heavy atom. The Hall–Kier alpha value is -4.08. The van der Waals surface area contributed by atoms with Crippen molar-refractivity contribution in [2.75, 3.05) is 10.6 Å². The van der Waals surface area contributed by atoms with Gasteiger partial charge in [-0.15, -0.1) is 5.10 Å². The Morgan fingerprint density at radius 3 is 2.75 bits per heavy atom. The Morgan fingerprint density at radius 1 is 1.21 bits per heavy atom. The Kier molecular flexibility index (Phi) is 4.28. The number of anilines is 2. The first-order chi connectivity index (χ1) is 13.5. The molecule has 0 spiro atoms. The molecule has 0 aliphatic carbocycles. The van der Waals surface area contributed by atoms with Crippen LogP contribution in [0.15, 0.2) is 54.6 Å². The summed E-state index contributed by atoms with van der Waals surface area (Å²) >= 11 is 0. The predicted molar refractivity (Wildman–Crippen MR) is 99.5 cm³/mol. The molecule has 0 unspecified atom stereocenters. The minimum Gasteiger partial charge on any atom is -0.324 e. The Labute approximate surface area is 158 Å². The molecule has 28 heavy (non-hydrogen) atoms. The first-order valence-electron chi connectivity index (χ1n) is 8.38. The molecule has 1 atom stereocenters. The molecule has 0 bridgehead atoms. The summed E-state index contributed by atoms with van der Waals surface area (Å²) in [6, 6.07) is 13.8. The fourth-order valence-corrected chi connectivity index (χ4v) is 2.90. The highest BCUT2D eigenvalue weighted by molar-refractivity contribution is 6.01. The Balaban J connectivity index is 1.63. The van der Waals surface area contributed by atoms with E-state index in [-0.39, 0.29) is 29.7 Å². The van der Waals surface area contributed by atoms with Crippen molar-refractivity contribution >= 4 is 29.1 Å². The van der Waals surface area contributed by atoms with Gasteiger partial charge < -0.3 is 5.32 Å². The van der Waals surface area contributed by atoms with Crippen molar-refractivity contribution < 1.29 is 14.5 Å². The highest BCUT2D eigenvalue weighted by atomic mass is 16.6. The van der Waals surface area contributed by atoms with E-state index < -0.39 is 16.9 Å². The van der Waals surface area contributed by atoms with Crippen LogP contribution in [-0.2, 0) is 9.59 Å². The summed E-state index contributed by atoms with van der Waals surface area (Å²) < 4.78 is 1.36. The van der Waals surface area contributed by atoms with Crippen molar-refractivity contribution in [3.05, 3.63) is 64.7 Å². The lowest BCUT2D eigenvalue weighted by molar-refractivity contribution is -0.384. The van der Waals surface area contributed by atoms with E-state index in [0.717, 1.165) is 5.56 Å². The van der Waals surface area contributed by atoms with E-state index in [0.29, 0.717) is 5.82 Å². The summed E-state index contributed by atoms with van der Waals surface area (Å²) in [4.78, 5) is 39.4. The summed E-state index contributed by atoms with van der Waals surface area (Å²) in [5.41, 5.74) is 0.860. The van der Waals surface area contributed by atoms with E-state index in [1.807, 2.05) is 30.3 Å². The number of amides is 2. The van der Waals surface area contributed by atoms with Gasteiger partial charge in [-0.25, -0.2) is 4.68 Å². The number of nitro groups is 1. The molecule has 0 saturated carbocycles. The number of benzene rings is 2. The van der Waals surface area contributed by atoms with Gasteiger partial charge in [-0.1, -0.05) is 36.4 Å². The standard InChI is InChI=1S/C18H14N6O4/c25-15-10-14(17(26)19-12-7-4-8-13(9-12)24(27)28)23-18(20-15)21-16(22-23)11-5-2-1-3-6-11/h1-9,14H,10H2,(H,19,26)(H,20,21,22,25)/t14-/m1/s1. The van der Waals surface area contributed by atoms with E-state index >= 15 is 0 Å². The molecule has 2 aromatic carbocycles. The number of rotatable bonds is 4. The lowest BCUT2D eigenvalue weighted by atomic mass is 10.1. The number of carbonyl (C=O) groups is 2. The zero-order valence-corrected chi connectivity index (χ0v) is 14.4. The van der Waals surface area contributed by atoms with Crippen LogP contribution in [0, 0.1) is 10.1 Å². The normalized spacial score (nSPS) is 15.4. The van der Waals surface area contributed by atoms with Gasteiger partial charge in [-0.05, 0) is 6.07 Å². The van der Waals surface area contributed by atoms with Crippen LogP contribution in [0.2, 0.25) is 0 Å². The number of hydrogen-bond acceptors (Lipinski definition) is 6. The molecular weight excluding hydrogens is 364 g/mol. The van der Waals surface area contributed by atoms with Crippen LogP contribution < -0.4 is 10.6 Å². The zero-order chi connectivity index (χ0) is 19.7. The lowest BCUT2D eigenvalue weighted by Gasteiger charge is -2.22. The van der Waals surface area contributed by atoms with E-state index in [1.54, 1.807) is 0 Å². The van der Waals surface area contributed by atoms with Gasteiger partial charge in [0, 0.05) is 23.4 Å². The maximum Gasteiger partial charge on any atom is 0.271 e. The van der Waals surface area contributed by atoms with Gasteiger partial charge in [0.25, 0.3) is 5.69 Å². The average molecular weight is 378 g/mol. The molecule has 0 saturated heterocycles. The summed E-state index contributed by atoms with van der Waals surface area (Å²) in [5.74, 6) is -0.319. The number of nitrogens with zero attached hydrogens (tertiary/aromatic N) is 4. The second-order valence-corrected chi connectivity index (χ2v) is 6.13. The first-order valence-corrected chi connectivity index (χ1v) is 8.38. The largest absolute Gasteiger partial charge is 0.324 e. The van der Waals surface area contributed by atoms with Gasteiger partial charge >= 0.3 is 0 Å². The predicted octanol–water partition coefficient (Wildman–Crippen LogP) is 2.38. The Bertz CT molecular complexity index is 1080. The number of aromatic nitrogens is 3. The van der Waals surface area contributed by atoms with Crippen LogP contribution >= 0.6 is 0 Å². The summed E-state index contributed by atoms with van der Waals surface area (Å²) in [7, 11) is 0. The van der Waals surface area contributed by atoms with E-state index in [4.69, 9.17) is 0 Å². The molecule has 1 aliphatic rings. The van der Waals surface area contributed by atoms with E-state index in [9.17, 15) is 19.7 Å². The van der Waals surface area contributed by atoms with Crippen molar-refractivity contribution in [3.63, 3.8) is 0 Å². The topological polar surface area (TPSA) is 132 Å². The number of carbonyl (C=O) groups excluding carboxylic acids is 2. The highest BCUT2D eigenvalue weighted by Crippen LogP contribution is 2.27. The number of nitrogens with one attached hydrogen (secondary N) is 2. The SMILES string of the molecule is O=C1C[C@H](C(=O)Nc2cccc([N+](=O)[O-])c2)n2nc(-c3ccccc3)nc2N1. The highest BCUT2D eigenvalue weighted by Gasteiger charge is 2.33. The minimum absolute atomic E-state index is 0.120. The van der Waals surface area contributed by atoms with Gasteiger partial charge in [-0.2, -0.15) is 4.98 Å². The maximum atomic E-state index is 12.8. The third-order valence-electron chi connectivity index (χ3n) is 4.22. The van der Waals surface area contributed by atoms with Crippen molar-refractivity contribution in [3.8, 4) is 11.4 Å². The van der Waals surface area contributed by atoms with E-state index in [2.05, 4.69) is 20.7 Å². The van der Waals surface area contributed by atoms with Crippen molar-refractivity contribution in [2.24, 2.45) is 0 Å². The summed E-state index contributed by atoms with van der Waals surface area (Å²) in [6.07, 6.45) is -0.120. The molecule has 1 aliphatic heterocycles. The quantitative estimate of drug-likeness (QED) is 0.529. The molecule has 3 aromatic rings. The summed E-state index contributed by atoms with van der Waals surface area (Å²) in [6.45, 7) is 0. The smallest absolute Gasteiger partial charge is 0.271 e. The maximum absolute atomic E-state index is 12.8. The van der Waals surface area contributed by atoms with Crippen LogP contribution in [0.3, 0.4) is 0 Å². The van der Waals surface area contributed by atoms with Crippen LogP contribution in [0.25, 0.3) is 11.4 Å². The fraction of sp³-hybridized carbons (Fsp3) is 0.111. The van der Waals surface area contributed by atoms with Crippen LogP contribution in [0.4, 0.5) is 17.3 Å². The van der Waals surface area contributed by atoms with Gasteiger partial charge in [-0.3, -0.25) is 25.0 Å². The van der Waals surface area contributed by atoms with Gasteiger partial charge in [0.15, 0.2) is 5.82 Å². The fourth-order valence-electron chi connectivity index (χ4n) is 2.90. The molecule has 10 heteroatoms. The summed E-state index contributed by atoms with van der Waals surface area (Å²) in [5, 5.41) is 20.5. The molecule has 140 valence electrons.